The van der Waals surface area contributed by atoms with Gasteiger partial charge in [0, 0.05) is 58.6 Å². The Labute approximate surface area is 406 Å². The molecule has 24 nitrogen and oxygen atoms in total. The van der Waals surface area contributed by atoms with Crippen molar-refractivity contribution in [2.45, 2.75) is 0 Å². The number of halogens is 2. The lowest BCUT2D eigenvalue weighted by Crippen LogP contribution is -2.20. The first-order valence-electron chi connectivity index (χ1n) is 19.4. The van der Waals surface area contributed by atoms with Crippen LogP contribution >= 0.6 is 45.9 Å². The number of amides is 2. The van der Waals surface area contributed by atoms with Gasteiger partial charge >= 0.3 is 22.7 Å². The van der Waals surface area contributed by atoms with Gasteiger partial charge in [0.25, 0.3) is 11.8 Å². The van der Waals surface area contributed by atoms with Gasteiger partial charge in [-0.15, -0.1) is 0 Å². The summed E-state index contributed by atoms with van der Waals surface area (Å²) in [7, 11) is 0. The summed E-state index contributed by atoms with van der Waals surface area (Å²) in [6.45, 7) is -1.37. The molecule has 0 aliphatic carbocycles. The number of hydrogen-bond donors (Lipinski definition) is 2. The van der Waals surface area contributed by atoms with Gasteiger partial charge in [-0.25, -0.2) is 9.97 Å². The van der Waals surface area contributed by atoms with E-state index in [1.807, 2.05) is 0 Å². The highest BCUT2D eigenvalue weighted by molar-refractivity contribution is 7.22. The Balaban J connectivity index is 1.09. The first kappa shape index (κ1) is 46.1. The number of nitrogens with one attached hydrogen (secondary N) is 2. The number of nitro benzene ring substituents is 4. The zero-order chi connectivity index (χ0) is 49.4. The molecule has 1 aliphatic rings. The number of carbonyl (C=O) groups is 2. The van der Waals surface area contributed by atoms with Crippen LogP contribution in [0.1, 0.15) is 0 Å². The molecule has 2 amide bonds. The molecule has 0 fully saturated rings. The molecule has 0 unspecified atom stereocenters. The van der Waals surface area contributed by atoms with E-state index < -0.39 is 90.5 Å². The van der Waals surface area contributed by atoms with Crippen molar-refractivity contribution < 1.29 is 57.7 Å². The highest BCUT2D eigenvalue weighted by Crippen LogP contribution is 2.48. The number of ether oxygens (including phenoxy) is 6. The lowest BCUT2D eigenvalue weighted by atomic mass is 10.2. The molecule has 28 heteroatoms. The van der Waals surface area contributed by atoms with Crippen LogP contribution in [0.2, 0.25) is 10.0 Å². The SMILES string of the molecule is O=C(COc1cc2cc(c1)Oc1cc(c([N+](=O)[O-])cc1[N+](=O)[O-])Oc1cc(OCC(=O)Nc3nc4ccc(Cl)cc4s3)cc(c1)Oc1cc(c([N+](=O)[O-])cc1[N+](=O)[O-])O2)Nc1nc2ccc(Cl)cc2s1. The number of rotatable bonds is 12. The summed E-state index contributed by atoms with van der Waals surface area (Å²) in [4.78, 5) is 80.4. The summed E-state index contributed by atoms with van der Waals surface area (Å²) in [5.41, 5.74) is -2.59. The van der Waals surface area contributed by atoms with E-state index in [4.69, 9.17) is 51.6 Å². The highest BCUT2D eigenvalue weighted by Gasteiger charge is 2.31. The number of fused-ring (bicyclic) bond motifs is 10. The van der Waals surface area contributed by atoms with Crippen LogP contribution in [0.3, 0.4) is 0 Å². The van der Waals surface area contributed by atoms with Gasteiger partial charge in [-0.2, -0.15) is 0 Å². The molecule has 0 atom stereocenters. The van der Waals surface area contributed by atoms with Crippen LogP contribution in [0.25, 0.3) is 20.4 Å². The number of benzene rings is 6. The molecular formula is C42H22Cl2N8O16S2. The molecule has 2 N–H and O–H groups in total. The topological polar surface area (TPSA) is 312 Å². The van der Waals surface area contributed by atoms with Crippen molar-refractivity contribution in [3.05, 3.63) is 148 Å². The molecule has 2 aromatic heterocycles. The van der Waals surface area contributed by atoms with E-state index in [1.54, 1.807) is 36.4 Å². The number of nitrogens with zero attached hydrogens (tertiary/aromatic N) is 6. The van der Waals surface area contributed by atoms with Gasteiger partial charge in [0.05, 0.1) is 40.1 Å². The first-order chi connectivity index (χ1) is 33.5. The number of carbonyl (C=O) groups excluding carboxylic acids is 2. The zero-order valence-electron chi connectivity index (χ0n) is 34.4. The van der Waals surface area contributed by atoms with Crippen LogP contribution in [0.4, 0.5) is 33.0 Å². The van der Waals surface area contributed by atoms with Gasteiger partial charge in [0.15, 0.2) is 23.5 Å². The molecule has 8 aromatic rings. The molecule has 3 heterocycles. The summed E-state index contributed by atoms with van der Waals surface area (Å²) in [6, 6.07) is 19.4. The summed E-state index contributed by atoms with van der Waals surface area (Å²) in [5.74, 6) is -5.82. The number of hydrogen-bond acceptors (Lipinski definition) is 20. The zero-order valence-corrected chi connectivity index (χ0v) is 37.6. The summed E-state index contributed by atoms with van der Waals surface area (Å²) < 4.78 is 36.5. The molecule has 0 saturated carbocycles. The molecule has 352 valence electrons. The summed E-state index contributed by atoms with van der Waals surface area (Å²) in [5, 5.41) is 56.0. The number of nitro groups is 4. The molecule has 0 saturated heterocycles. The monoisotopic (exact) mass is 1030 g/mol. The Morgan fingerprint density at radius 2 is 0.829 bits per heavy atom. The quantitative estimate of drug-likeness (QED) is 0.0848. The van der Waals surface area contributed by atoms with Gasteiger partial charge < -0.3 is 28.4 Å². The molecule has 8 bridgehead atoms. The second-order valence-electron chi connectivity index (χ2n) is 14.2. The molecule has 9 rings (SSSR count). The van der Waals surface area contributed by atoms with Crippen molar-refractivity contribution in [1.29, 1.82) is 0 Å². The third kappa shape index (κ3) is 10.3. The van der Waals surface area contributed by atoms with Crippen molar-refractivity contribution in [1.82, 2.24) is 9.97 Å². The fourth-order valence-electron chi connectivity index (χ4n) is 6.49. The van der Waals surface area contributed by atoms with Crippen LogP contribution in [0.5, 0.6) is 57.5 Å². The maximum absolute atomic E-state index is 13.1. The third-order valence-electron chi connectivity index (χ3n) is 9.42. The minimum Gasteiger partial charge on any atom is -0.483 e. The van der Waals surface area contributed by atoms with E-state index in [0.29, 0.717) is 42.6 Å². The van der Waals surface area contributed by atoms with E-state index >= 15 is 0 Å². The number of anilines is 2. The second-order valence-corrected chi connectivity index (χ2v) is 17.2. The molecule has 1 aliphatic heterocycles. The Morgan fingerprint density at radius 3 is 1.14 bits per heavy atom. The van der Waals surface area contributed by atoms with Crippen LogP contribution < -0.4 is 39.1 Å². The van der Waals surface area contributed by atoms with E-state index in [9.17, 15) is 50.0 Å². The molecule has 0 spiro atoms. The third-order valence-corrected chi connectivity index (χ3v) is 11.8. The average Bonchev–Trinajstić information content (AvgIpc) is 3.88. The van der Waals surface area contributed by atoms with Crippen molar-refractivity contribution in [2.24, 2.45) is 0 Å². The second kappa shape index (κ2) is 19.0. The number of thiazole rings is 2. The lowest BCUT2D eigenvalue weighted by Gasteiger charge is -2.16. The fraction of sp³-hybridized carbons (Fsp3) is 0.0476. The Morgan fingerprint density at radius 1 is 0.500 bits per heavy atom. The van der Waals surface area contributed by atoms with E-state index in [1.165, 1.54) is 0 Å². The van der Waals surface area contributed by atoms with Crippen LogP contribution in [-0.4, -0.2) is 54.7 Å². The number of aromatic nitrogens is 2. The summed E-state index contributed by atoms with van der Waals surface area (Å²) in [6.07, 6.45) is 0. The standard InChI is InChI=1S/C42H22Cl2N8O16S2/c43-19-1-3-27-37(5-19)69-41(45-27)47-39(53)17-63-21-7-23-11-24(8-21)66-34-16-36(32(52(61)62)14-30(34)50(57)58)68-26-10-22(64-18-40(54)48-42-46-28-4-2-20(44)6-38(28)70-42)9-25(12-26)67-35-15-33(65-23)29(49(55)56)13-31(35)51(59)60/h1-16H,17-18H2,(H,45,47,53)(H,46,48,54). The van der Waals surface area contributed by atoms with Crippen molar-refractivity contribution >= 4 is 111 Å². The van der Waals surface area contributed by atoms with Crippen molar-refractivity contribution in [3.8, 4) is 57.5 Å². The first-order valence-corrected chi connectivity index (χ1v) is 21.8. The average molecular weight is 1030 g/mol. The molecular weight excluding hydrogens is 1010 g/mol. The Hall–Kier alpha value is -8.98. The van der Waals surface area contributed by atoms with Gasteiger partial charge in [-0.3, -0.25) is 60.7 Å². The molecule has 6 aromatic carbocycles. The van der Waals surface area contributed by atoms with Gasteiger partial charge in [-0.1, -0.05) is 45.9 Å². The van der Waals surface area contributed by atoms with Crippen LogP contribution in [0.15, 0.2) is 97.1 Å². The molecule has 70 heavy (non-hydrogen) atoms. The largest absolute Gasteiger partial charge is 0.483 e. The minimum absolute atomic E-state index is 0.206. The molecule has 0 radical (unpaired) electrons. The van der Waals surface area contributed by atoms with Crippen molar-refractivity contribution in [3.63, 3.8) is 0 Å². The Bertz CT molecular complexity index is 3190. The van der Waals surface area contributed by atoms with Gasteiger partial charge in [-0.05, 0) is 36.4 Å². The van der Waals surface area contributed by atoms with Crippen LogP contribution in [-0.2, 0) is 9.59 Å². The van der Waals surface area contributed by atoms with Crippen LogP contribution in [0, 0.1) is 40.5 Å². The fourth-order valence-corrected chi connectivity index (χ4v) is 8.81. The van der Waals surface area contributed by atoms with E-state index in [2.05, 4.69) is 20.6 Å². The Kier molecular flexibility index (Phi) is 12.5. The predicted octanol–water partition coefficient (Wildman–Crippen LogP) is 11.4. The summed E-state index contributed by atoms with van der Waals surface area (Å²) >= 11 is 14.4. The van der Waals surface area contributed by atoms with E-state index in [-0.39, 0.29) is 44.8 Å². The normalized spacial score (nSPS) is 11.6. The van der Waals surface area contributed by atoms with E-state index in [0.717, 1.165) is 71.2 Å². The van der Waals surface area contributed by atoms with Gasteiger partial charge in [0.1, 0.15) is 46.6 Å². The maximum atomic E-state index is 13.1. The van der Waals surface area contributed by atoms with Crippen molar-refractivity contribution in [2.75, 3.05) is 23.8 Å². The minimum atomic E-state index is -0.973. The maximum Gasteiger partial charge on any atom is 0.318 e. The predicted molar refractivity (Wildman–Crippen MR) is 250 cm³/mol. The lowest BCUT2D eigenvalue weighted by molar-refractivity contribution is -0.395. The van der Waals surface area contributed by atoms with Gasteiger partial charge in [0.2, 0.25) is 23.0 Å². The smallest absolute Gasteiger partial charge is 0.318 e. The highest BCUT2D eigenvalue weighted by atomic mass is 35.5.